The second kappa shape index (κ2) is 6.64. The first kappa shape index (κ1) is 15.4. The van der Waals surface area contributed by atoms with Gasteiger partial charge in [-0.1, -0.05) is 42.8 Å². The van der Waals surface area contributed by atoms with Crippen molar-refractivity contribution in [1.29, 1.82) is 0 Å². The standard InChI is InChI=1S/C16H23F2N2/c1-13(12-20-10-8-16(17,18)9-11-20)15(19-2)14-6-4-3-5-7-14/h3-7,13,15H,8-12H2,1-2H3/q-1/t13-,15+/m0/s1. The van der Waals surface area contributed by atoms with Crippen LogP contribution in [-0.2, 0) is 0 Å². The Morgan fingerprint density at radius 2 is 1.80 bits per heavy atom. The van der Waals surface area contributed by atoms with E-state index >= 15 is 0 Å². The van der Waals surface area contributed by atoms with Crippen molar-refractivity contribution >= 4 is 0 Å². The third kappa shape index (κ3) is 4.00. The highest BCUT2D eigenvalue weighted by Gasteiger charge is 2.34. The molecule has 1 fully saturated rings. The van der Waals surface area contributed by atoms with Gasteiger partial charge in [0.1, 0.15) is 0 Å². The highest BCUT2D eigenvalue weighted by molar-refractivity contribution is 5.23. The van der Waals surface area contributed by atoms with E-state index in [1.807, 2.05) is 25.2 Å². The monoisotopic (exact) mass is 281 g/mol. The zero-order valence-electron chi connectivity index (χ0n) is 12.2. The molecular formula is C16H23F2N2-. The summed E-state index contributed by atoms with van der Waals surface area (Å²) in [6.07, 6.45) is -0.0298. The van der Waals surface area contributed by atoms with E-state index in [9.17, 15) is 8.78 Å². The van der Waals surface area contributed by atoms with Crippen LogP contribution in [0.1, 0.15) is 31.4 Å². The maximum atomic E-state index is 13.2. The Bertz CT molecular complexity index is 398. The molecule has 1 aliphatic heterocycles. The third-order valence-corrected chi connectivity index (χ3v) is 4.09. The maximum Gasteiger partial charge on any atom is 0.250 e. The molecule has 0 aromatic heterocycles. The zero-order chi connectivity index (χ0) is 14.6. The SMILES string of the molecule is C[N-][C@@H](c1ccccc1)[C@@H](C)CN1CCC(F)(F)CC1. The van der Waals surface area contributed by atoms with Gasteiger partial charge in [-0.2, -0.15) is 7.05 Å². The molecule has 0 aliphatic carbocycles. The second-order valence-electron chi connectivity index (χ2n) is 5.75. The lowest BCUT2D eigenvalue weighted by Gasteiger charge is -2.39. The van der Waals surface area contributed by atoms with Crippen LogP contribution in [0, 0.1) is 5.92 Å². The number of likely N-dealkylation sites (tertiary alicyclic amines) is 1. The molecule has 2 nitrogen and oxygen atoms in total. The van der Waals surface area contributed by atoms with Crippen molar-refractivity contribution in [3.8, 4) is 0 Å². The van der Waals surface area contributed by atoms with Crippen LogP contribution < -0.4 is 0 Å². The van der Waals surface area contributed by atoms with Gasteiger partial charge in [0.15, 0.2) is 0 Å². The number of nitrogens with zero attached hydrogens (tertiary/aromatic N) is 2. The Morgan fingerprint density at radius 3 is 2.35 bits per heavy atom. The zero-order valence-corrected chi connectivity index (χ0v) is 12.2. The second-order valence-corrected chi connectivity index (χ2v) is 5.75. The highest BCUT2D eigenvalue weighted by Crippen LogP contribution is 2.32. The summed E-state index contributed by atoms with van der Waals surface area (Å²) in [5.41, 5.74) is 1.20. The van der Waals surface area contributed by atoms with Crippen LogP contribution in [0.25, 0.3) is 5.32 Å². The lowest BCUT2D eigenvalue weighted by molar-refractivity contribution is -0.0572. The van der Waals surface area contributed by atoms with E-state index in [2.05, 4.69) is 29.3 Å². The van der Waals surface area contributed by atoms with Crippen molar-refractivity contribution in [1.82, 2.24) is 4.90 Å². The van der Waals surface area contributed by atoms with Crippen molar-refractivity contribution in [2.45, 2.75) is 31.7 Å². The molecule has 0 spiro atoms. The Kier molecular flexibility index (Phi) is 5.11. The average Bonchev–Trinajstić information content (AvgIpc) is 2.43. The number of piperidine rings is 1. The minimum atomic E-state index is -2.46. The van der Waals surface area contributed by atoms with E-state index in [1.54, 1.807) is 0 Å². The van der Waals surface area contributed by atoms with Crippen molar-refractivity contribution in [2.75, 3.05) is 26.7 Å². The Morgan fingerprint density at radius 1 is 1.20 bits per heavy atom. The van der Waals surface area contributed by atoms with Crippen LogP contribution in [-0.4, -0.2) is 37.5 Å². The number of halogens is 2. The van der Waals surface area contributed by atoms with Crippen molar-refractivity contribution in [2.24, 2.45) is 5.92 Å². The molecule has 1 aliphatic rings. The van der Waals surface area contributed by atoms with Crippen LogP contribution >= 0.6 is 0 Å². The minimum absolute atomic E-state index is 0.0149. The fourth-order valence-electron chi connectivity index (χ4n) is 2.95. The molecule has 112 valence electrons. The van der Waals surface area contributed by atoms with E-state index in [0.717, 1.165) is 6.54 Å². The Hall–Kier alpha value is -1.00. The van der Waals surface area contributed by atoms with Crippen LogP contribution in [0.15, 0.2) is 30.3 Å². The fourth-order valence-corrected chi connectivity index (χ4v) is 2.95. The molecular weight excluding hydrogens is 258 g/mol. The summed E-state index contributed by atoms with van der Waals surface area (Å²) >= 11 is 0. The number of hydrogen-bond acceptors (Lipinski definition) is 1. The first-order valence-electron chi connectivity index (χ1n) is 7.26. The van der Waals surface area contributed by atoms with Crippen molar-refractivity contribution in [3.05, 3.63) is 41.2 Å². The average molecular weight is 281 g/mol. The van der Waals surface area contributed by atoms with E-state index in [4.69, 9.17) is 0 Å². The highest BCUT2D eigenvalue weighted by atomic mass is 19.3. The number of rotatable bonds is 5. The summed E-state index contributed by atoms with van der Waals surface area (Å²) in [5, 5.41) is 4.48. The van der Waals surface area contributed by atoms with Gasteiger partial charge in [-0.25, -0.2) is 8.78 Å². The molecule has 0 bridgehead atoms. The van der Waals surface area contributed by atoms with Crippen LogP contribution in [0.5, 0.6) is 0 Å². The van der Waals surface area contributed by atoms with Crippen LogP contribution in [0.4, 0.5) is 8.78 Å². The van der Waals surface area contributed by atoms with Gasteiger partial charge in [0.2, 0.25) is 0 Å². The molecule has 2 rings (SSSR count). The molecule has 1 heterocycles. The molecule has 0 radical (unpaired) electrons. The van der Waals surface area contributed by atoms with Gasteiger partial charge in [-0.3, -0.25) is 0 Å². The quantitative estimate of drug-likeness (QED) is 0.794. The molecule has 1 saturated heterocycles. The predicted molar refractivity (Wildman–Crippen MR) is 78.3 cm³/mol. The van der Waals surface area contributed by atoms with E-state index in [-0.39, 0.29) is 18.9 Å². The van der Waals surface area contributed by atoms with Crippen molar-refractivity contribution in [3.63, 3.8) is 0 Å². The molecule has 0 saturated carbocycles. The predicted octanol–water partition coefficient (Wildman–Crippen LogP) is 4.10. The van der Waals surface area contributed by atoms with Gasteiger partial charge in [0.25, 0.3) is 5.92 Å². The Balaban J connectivity index is 1.92. The normalized spacial score (nSPS) is 22.4. The lowest BCUT2D eigenvalue weighted by atomic mass is 9.93. The van der Waals surface area contributed by atoms with E-state index in [0.29, 0.717) is 19.0 Å². The van der Waals surface area contributed by atoms with Gasteiger partial charge in [-0.05, 0) is 12.5 Å². The molecule has 2 atom stereocenters. The molecule has 0 amide bonds. The summed E-state index contributed by atoms with van der Waals surface area (Å²) in [5.74, 6) is -2.14. The smallest absolute Gasteiger partial charge is 0.250 e. The third-order valence-electron chi connectivity index (χ3n) is 4.09. The van der Waals surface area contributed by atoms with Crippen LogP contribution in [0.3, 0.4) is 0 Å². The lowest BCUT2D eigenvalue weighted by Crippen LogP contribution is -2.41. The summed E-state index contributed by atoms with van der Waals surface area (Å²) in [6.45, 7) is 3.95. The van der Waals surface area contributed by atoms with Gasteiger partial charge < -0.3 is 10.2 Å². The van der Waals surface area contributed by atoms with Crippen molar-refractivity contribution < 1.29 is 8.78 Å². The Labute approximate surface area is 120 Å². The molecule has 20 heavy (non-hydrogen) atoms. The fraction of sp³-hybridized carbons (Fsp3) is 0.625. The summed E-state index contributed by atoms with van der Waals surface area (Å²) in [7, 11) is 1.83. The first-order valence-corrected chi connectivity index (χ1v) is 7.26. The molecule has 1 aromatic rings. The molecule has 0 unspecified atom stereocenters. The number of benzene rings is 1. The van der Waals surface area contributed by atoms with Gasteiger partial charge in [0.05, 0.1) is 0 Å². The van der Waals surface area contributed by atoms with E-state index in [1.165, 1.54) is 5.56 Å². The van der Waals surface area contributed by atoms with Gasteiger partial charge >= 0.3 is 0 Å². The minimum Gasteiger partial charge on any atom is -0.658 e. The number of hydrogen-bond donors (Lipinski definition) is 0. The topological polar surface area (TPSA) is 17.3 Å². The summed E-state index contributed by atoms with van der Waals surface area (Å²) < 4.78 is 26.3. The van der Waals surface area contributed by atoms with Gasteiger partial charge in [-0.15, -0.1) is 6.04 Å². The number of alkyl halides is 2. The molecule has 1 aromatic carbocycles. The van der Waals surface area contributed by atoms with E-state index < -0.39 is 5.92 Å². The first-order chi connectivity index (χ1) is 9.52. The molecule has 0 N–H and O–H groups in total. The summed E-state index contributed by atoms with van der Waals surface area (Å²) in [6, 6.07) is 10.3. The molecule has 4 heteroatoms. The van der Waals surface area contributed by atoms with Crippen LogP contribution in [0.2, 0.25) is 0 Å². The summed E-state index contributed by atoms with van der Waals surface area (Å²) in [4.78, 5) is 2.14. The maximum absolute atomic E-state index is 13.2. The van der Waals surface area contributed by atoms with Gasteiger partial charge in [0, 0.05) is 25.9 Å². The largest absolute Gasteiger partial charge is 0.658 e.